The van der Waals surface area contributed by atoms with E-state index in [1.807, 2.05) is 36.2 Å². The number of hydrogen-bond donors (Lipinski definition) is 3. The number of anilines is 1. The molecule has 2 aliphatic rings. The average Bonchev–Trinajstić information content (AvgIpc) is 2.79. The standard InChI is InChI=1S/C24H29N5O2/c1-14-21-13-15-5-6-16(22(25)28-31)11-18(15)24(14,2)9-10-29(21)23(30)17-7-8-19(26-3)20(12-17)27-4/h5-8,11-12,14,21,27,31H,3,9-10,13H2,1-2,4H3,(H2,25,28)/t14?,21?,24-/m1/s1. The molecule has 2 bridgehead atoms. The molecular weight excluding hydrogens is 390 g/mol. The van der Waals surface area contributed by atoms with Crippen LogP contribution in [0.5, 0.6) is 0 Å². The van der Waals surface area contributed by atoms with Crippen molar-refractivity contribution in [3.63, 3.8) is 0 Å². The van der Waals surface area contributed by atoms with E-state index in [9.17, 15) is 4.79 Å². The van der Waals surface area contributed by atoms with Crippen LogP contribution in [-0.4, -0.2) is 48.2 Å². The highest BCUT2D eigenvalue weighted by Crippen LogP contribution is 2.49. The highest BCUT2D eigenvalue weighted by molar-refractivity contribution is 5.98. The number of piperidine rings is 1. The van der Waals surface area contributed by atoms with Crippen LogP contribution in [0.2, 0.25) is 0 Å². The molecule has 162 valence electrons. The van der Waals surface area contributed by atoms with Crippen LogP contribution < -0.4 is 11.1 Å². The van der Waals surface area contributed by atoms with Gasteiger partial charge in [-0.2, -0.15) is 0 Å². The summed E-state index contributed by atoms with van der Waals surface area (Å²) in [6.07, 6.45) is 1.65. The summed E-state index contributed by atoms with van der Waals surface area (Å²) in [5.41, 5.74) is 11.1. The third-order valence-corrected chi connectivity index (χ3v) is 7.36. The Kier molecular flexibility index (Phi) is 5.21. The van der Waals surface area contributed by atoms with Crippen molar-refractivity contribution in [3.05, 3.63) is 58.7 Å². The van der Waals surface area contributed by atoms with E-state index in [0.717, 1.165) is 29.8 Å². The fraction of sp³-hybridized carbons (Fsp3) is 0.375. The molecule has 3 atom stereocenters. The highest BCUT2D eigenvalue weighted by atomic mass is 16.4. The lowest BCUT2D eigenvalue weighted by Gasteiger charge is -2.54. The molecule has 7 nitrogen and oxygen atoms in total. The topological polar surface area (TPSA) is 103 Å². The molecule has 1 saturated heterocycles. The van der Waals surface area contributed by atoms with Gasteiger partial charge in [-0.1, -0.05) is 31.1 Å². The van der Waals surface area contributed by atoms with Gasteiger partial charge < -0.3 is 21.2 Å². The molecule has 1 aliphatic carbocycles. The first-order chi connectivity index (χ1) is 14.8. The maximum absolute atomic E-state index is 13.5. The lowest BCUT2D eigenvalue weighted by molar-refractivity contribution is 0.0250. The summed E-state index contributed by atoms with van der Waals surface area (Å²) < 4.78 is 0. The van der Waals surface area contributed by atoms with Gasteiger partial charge >= 0.3 is 0 Å². The predicted molar refractivity (Wildman–Crippen MR) is 124 cm³/mol. The van der Waals surface area contributed by atoms with Gasteiger partial charge in [0, 0.05) is 30.8 Å². The van der Waals surface area contributed by atoms with E-state index in [4.69, 9.17) is 10.9 Å². The molecule has 1 heterocycles. The number of hydrogen-bond acceptors (Lipinski definition) is 5. The van der Waals surface area contributed by atoms with Crippen molar-refractivity contribution in [3.8, 4) is 0 Å². The molecule has 1 fully saturated rings. The first-order valence-corrected chi connectivity index (χ1v) is 10.5. The number of oxime groups is 1. The summed E-state index contributed by atoms with van der Waals surface area (Å²) in [5, 5.41) is 15.3. The normalized spacial score (nSPS) is 25.0. The second-order valence-corrected chi connectivity index (χ2v) is 8.72. The molecule has 2 aromatic rings. The summed E-state index contributed by atoms with van der Waals surface area (Å²) >= 11 is 0. The molecule has 4 N–H and O–H groups in total. The van der Waals surface area contributed by atoms with Crippen LogP contribution in [0.25, 0.3) is 0 Å². The van der Waals surface area contributed by atoms with E-state index in [0.29, 0.717) is 12.1 Å². The van der Waals surface area contributed by atoms with Gasteiger partial charge in [-0.15, -0.1) is 0 Å². The number of nitrogens with zero attached hydrogens (tertiary/aromatic N) is 3. The monoisotopic (exact) mass is 419 g/mol. The minimum Gasteiger partial charge on any atom is -0.409 e. The van der Waals surface area contributed by atoms with Crippen LogP contribution in [0, 0.1) is 5.92 Å². The third-order valence-electron chi connectivity index (χ3n) is 7.36. The van der Waals surface area contributed by atoms with Crippen LogP contribution in [0.15, 0.2) is 46.5 Å². The van der Waals surface area contributed by atoms with Gasteiger partial charge in [0.05, 0.1) is 11.4 Å². The number of carbonyl (C=O) groups excluding carboxylic acids is 1. The van der Waals surface area contributed by atoms with E-state index in [1.165, 1.54) is 11.1 Å². The number of carbonyl (C=O) groups is 1. The zero-order chi connectivity index (χ0) is 22.3. The minimum absolute atomic E-state index is 0.0442. The molecule has 31 heavy (non-hydrogen) atoms. The molecule has 4 rings (SSSR count). The minimum atomic E-state index is -0.0759. The van der Waals surface area contributed by atoms with Crippen LogP contribution in [0.3, 0.4) is 0 Å². The molecular formula is C24H29N5O2. The Morgan fingerprint density at radius 2 is 2.03 bits per heavy atom. The lowest BCUT2D eigenvalue weighted by atomic mass is 9.58. The third kappa shape index (κ3) is 3.24. The maximum atomic E-state index is 13.5. The molecule has 1 amide bonds. The average molecular weight is 420 g/mol. The summed E-state index contributed by atoms with van der Waals surface area (Å²) in [6.45, 7) is 8.78. The Bertz CT molecular complexity index is 1080. The van der Waals surface area contributed by atoms with E-state index < -0.39 is 0 Å². The van der Waals surface area contributed by atoms with Gasteiger partial charge in [0.15, 0.2) is 5.84 Å². The molecule has 0 aromatic heterocycles. The molecule has 0 saturated carbocycles. The zero-order valence-electron chi connectivity index (χ0n) is 18.2. The van der Waals surface area contributed by atoms with Crippen LogP contribution >= 0.6 is 0 Å². The number of nitrogens with two attached hydrogens (primary N) is 1. The SMILES string of the molecule is C=Nc1ccc(C(=O)N2CC[C@@]3(C)c4cc(/C(N)=N/O)ccc4CC2C3C)cc1NC. The Balaban J connectivity index is 1.69. The van der Waals surface area contributed by atoms with Gasteiger partial charge in [-0.05, 0) is 66.3 Å². The second-order valence-electron chi connectivity index (χ2n) is 8.72. The fourth-order valence-electron chi connectivity index (χ4n) is 5.26. The Morgan fingerprint density at radius 1 is 1.29 bits per heavy atom. The van der Waals surface area contributed by atoms with E-state index in [1.54, 1.807) is 0 Å². The number of likely N-dealkylation sites (tertiary alicyclic amines) is 1. The van der Waals surface area contributed by atoms with E-state index in [-0.39, 0.29) is 29.1 Å². The number of aliphatic imine (C=N–C) groups is 1. The van der Waals surface area contributed by atoms with Gasteiger partial charge in [0.1, 0.15) is 0 Å². The van der Waals surface area contributed by atoms with E-state index >= 15 is 0 Å². The van der Waals surface area contributed by atoms with Crippen LogP contribution in [-0.2, 0) is 11.8 Å². The maximum Gasteiger partial charge on any atom is 0.254 e. The summed E-state index contributed by atoms with van der Waals surface area (Å²) in [7, 11) is 1.81. The number of amides is 1. The quantitative estimate of drug-likeness (QED) is 0.305. The number of rotatable bonds is 4. The second kappa shape index (κ2) is 7.72. The first-order valence-electron chi connectivity index (χ1n) is 10.5. The van der Waals surface area contributed by atoms with Crippen molar-refractivity contribution in [2.75, 3.05) is 18.9 Å². The van der Waals surface area contributed by atoms with Gasteiger partial charge in [0.2, 0.25) is 0 Å². The van der Waals surface area contributed by atoms with Gasteiger partial charge in [-0.25, -0.2) is 0 Å². The molecule has 0 radical (unpaired) electrons. The molecule has 1 aliphatic heterocycles. The molecule has 2 aromatic carbocycles. The van der Waals surface area contributed by atoms with Crippen molar-refractivity contribution >= 4 is 29.8 Å². The molecule has 0 spiro atoms. The number of fused-ring (bicyclic) bond motifs is 4. The lowest BCUT2D eigenvalue weighted by Crippen LogP contribution is -2.59. The van der Waals surface area contributed by atoms with E-state index in [2.05, 4.69) is 48.2 Å². The number of amidine groups is 1. The van der Waals surface area contributed by atoms with Crippen LogP contribution in [0.1, 0.15) is 47.3 Å². The summed E-state index contributed by atoms with van der Waals surface area (Å²) in [5.74, 6) is 0.437. The number of nitrogens with one attached hydrogen (secondary N) is 1. The smallest absolute Gasteiger partial charge is 0.254 e. The van der Waals surface area contributed by atoms with Crippen molar-refractivity contribution in [2.24, 2.45) is 21.8 Å². The summed E-state index contributed by atoms with van der Waals surface area (Å²) in [4.78, 5) is 19.5. The summed E-state index contributed by atoms with van der Waals surface area (Å²) in [6, 6.07) is 11.6. The fourth-order valence-corrected chi connectivity index (χ4v) is 5.26. The number of benzene rings is 2. The van der Waals surface area contributed by atoms with Crippen molar-refractivity contribution in [1.29, 1.82) is 0 Å². The largest absolute Gasteiger partial charge is 0.409 e. The molecule has 2 unspecified atom stereocenters. The zero-order valence-corrected chi connectivity index (χ0v) is 18.2. The highest BCUT2D eigenvalue weighted by Gasteiger charge is 2.49. The van der Waals surface area contributed by atoms with Gasteiger partial charge in [0.25, 0.3) is 5.91 Å². The van der Waals surface area contributed by atoms with Crippen molar-refractivity contribution in [1.82, 2.24) is 4.90 Å². The first kappa shape index (κ1) is 20.9. The predicted octanol–water partition coefficient (Wildman–Crippen LogP) is 3.52. The van der Waals surface area contributed by atoms with Gasteiger partial charge in [-0.3, -0.25) is 9.79 Å². The van der Waals surface area contributed by atoms with Crippen LogP contribution in [0.4, 0.5) is 11.4 Å². The molecule has 7 heteroatoms. The van der Waals surface area contributed by atoms with Crippen molar-refractivity contribution < 1.29 is 10.0 Å². The Labute approximate surface area is 182 Å². The Hall–Kier alpha value is -3.35. The van der Waals surface area contributed by atoms with Crippen molar-refractivity contribution in [2.45, 2.75) is 38.1 Å². The Morgan fingerprint density at radius 3 is 2.71 bits per heavy atom.